The number of hydrogen-bond acceptors (Lipinski definition) is 4. The van der Waals surface area contributed by atoms with Crippen molar-refractivity contribution >= 4 is 11.8 Å². The Morgan fingerprint density at radius 1 is 1.35 bits per heavy atom. The minimum absolute atomic E-state index is 0.0537. The van der Waals surface area contributed by atoms with Gasteiger partial charge in [0, 0.05) is 39.0 Å². The molecule has 3 aliphatic rings. The van der Waals surface area contributed by atoms with Crippen molar-refractivity contribution in [1.82, 2.24) is 10.2 Å². The molecule has 3 aliphatic heterocycles. The molecular formula is C11H16N2O4. The van der Waals surface area contributed by atoms with Gasteiger partial charge >= 0.3 is 0 Å². The molecule has 0 radical (unpaired) electrons. The van der Waals surface area contributed by atoms with Crippen LogP contribution in [0.2, 0.25) is 0 Å². The monoisotopic (exact) mass is 240 g/mol. The van der Waals surface area contributed by atoms with Gasteiger partial charge in [-0.25, -0.2) is 0 Å². The van der Waals surface area contributed by atoms with Gasteiger partial charge in [0.15, 0.2) is 0 Å². The molecule has 17 heavy (non-hydrogen) atoms. The average molecular weight is 240 g/mol. The second kappa shape index (κ2) is 3.68. The van der Waals surface area contributed by atoms with Gasteiger partial charge in [0.25, 0.3) is 0 Å². The van der Waals surface area contributed by atoms with Crippen LogP contribution in [0, 0.1) is 0 Å². The summed E-state index contributed by atoms with van der Waals surface area (Å²) in [5.41, 5.74) is -0.782. The number of aliphatic hydroxyl groups excluding tert-OH is 1. The molecule has 0 aliphatic carbocycles. The SMILES string of the molecule is O=C1NC2(CCOCC2)C(=O)N2C[C@H](O)C[C@@H]12. The number of nitrogens with one attached hydrogen (secondary N) is 1. The van der Waals surface area contributed by atoms with Gasteiger partial charge in [-0.3, -0.25) is 9.59 Å². The van der Waals surface area contributed by atoms with Crippen LogP contribution >= 0.6 is 0 Å². The van der Waals surface area contributed by atoms with Crippen molar-refractivity contribution in [3.8, 4) is 0 Å². The Balaban J connectivity index is 1.89. The van der Waals surface area contributed by atoms with Gasteiger partial charge in [0.2, 0.25) is 11.8 Å². The maximum Gasteiger partial charge on any atom is 0.249 e. The van der Waals surface area contributed by atoms with E-state index in [1.54, 1.807) is 0 Å². The van der Waals surface area contributed by atoms with Crippen LogP contribution in [0.1, 0.15) is 19.3 Å². The molecule has 2 amide bonds. The van der Waals surface area contributed by atoms with Crippen molar-refractivity contribution in [2.24, 2.45) is 0 Å². The van der Waals surface area contributed by atoms with E-state index in [1.807, 2.05) is 0 Å². The van der Waals surface area contributed by atoms with Gasteiger partial charge in [0.05, 0.1) is 6.10 Å². The van der Waals surface area contributed by atoms with Gasteiger partial charge in [-0.05, 0) is 0 Å². The third-order valence-electron chi connectivity index (χ3n) is 3.96. The summed E-state index contributed by atoms with van der Waals surface area (Å²) in [5.74, 6) is -0.190. The largest absolute Gasteiger partial charge is 0.391 e. The Hall–Kier alpha value is -1.14. The molecule has 0 aromatic heterocycles. The lowest BCUT2D eigenvalue weighted by atomic mass is 9.85. The molecule has 0 aromatic carbocycles. The molecule has 2 atom stereocenters. The molecule has 0 aromatic rings. The zero-order valence-electron chi connectivity index (χ0n) is 9.52. The fourth-order valence-corrected chi connectivity index (χ4v) is 2.99. The second-order valence-corrected chi connectivity index (χ2v) is 5.05. The lowest BCUT2D eigenvalue weighted by Crippen LogP contribution is -2.70. The van der Waals surface area contributed by atoms with Crippen LogP contribution in [-0.2, 0) is 14.3 Å². The Morgan fingerprint density at radius 2 is 2.06 bits per heavy atom. The predicted molar refractivity (Wildman–Crippen MR) is 57.1 cm³/mol. The highest BCUT2D eigenvalue weighted by molar-refractivity contribution is 6.00. The van der Waals surface area contributed by atoms with E-state index in [0.717, 1.165) is 0 Å². The third kappa shape index (κ3) is 1.55. The molecule has 6 nitrogen and oxygen atoms in total. The van der Waals surface area contributed by atoms with Gasteiger partial charge < -0.3 is 20.1 Å². The molecule has 3 fully saturated rings. The molecule has 0 saturated carbocycles. The zero-order chi connectivity index (χ0) is 12.0. The van der Waals surface area contributed by atoms with Gasteiger partial charge in [0.1, 0.15) is 11.6 Å². The van der Waals surface area contributed by atoms with Crippen molar-refractivity contribution in [3.63, 3.8) is 0 Å². The number of amides is 2. The number of carbonyl (C=O) groups excluding carboxylic acids is 2. The molecule has 2 N–H and O–H groups in total. The van der Waals surface area contributed by atoms with Gasteiger partial charge in [-0.2, -0.15) is 0 Å². The van der Waals surface area contributed by atoms with E-state index in [2.05, 4.69) is 5.32 Å². The highest BCUT2D eigenvalue weighted by atomic mass is 16.5. The van der Waals surface area contributed by atoms with E-state index in [0.29, 0.717) is 32.5 Å². The normalized spacial score (nSPS) is 35.9. The first-order chi connectivity index (χ1) is 8.12. The van der Waals surface area contributed by atoms with Crippen molar-refractivity contribution in [1.29, 1.82) is 0 Å². The first-order valence-corrected chi connectivity index (χ1v) is 6.01. The third-order valence-corrected chi connectivity index (χ3v) is 3.96. The maximum atomic E-state index is 12.4. The second-order valence-electron chi connectivity index (χ2n) is 5.05. The van der Waals surface area contributed by atoms with Crippen LogP contribution < -0.4 is 5.32 Å². The summed E-state index contributed by atoms with van der Waals surface area (Å²) in [6.07, 6.45) is 0.822. The number of piperazine rings is 1. The fraction of sp³-hybridized carbons (Fsp3) is 0.818. The van der Waals surface area contributed by atoms with Crippen LogP contribution in [0.4, 0.5) is 0 Å². The summed E-state index contributed by atoms with van der Waals surface area (Å²) in [4.78, 5) is 25.9. The molecule has 3 heterocycles. The van der Waals surface area contributed by atoms with Crippen LogP contribution in [0.15, 0.2) is 0 Å². The summed E-state index contributed by atoms with van der Waals surface area (Å²) in [5, 5.41) is 12.4. The summed E-state index contributed by atoms with van der Waals surface area (Å²) in [6.45, 7) is 1.26. The van der Waals surface area contributed by atoms with Gasteiger partial charge in [-0.1, -0.05) is 0 Å². The molecule has 0 bridgehead atoms. The lowest BCUT2D eigenvalue weighted by molar-refractivity contribution is -0.157. The van der Waals surface area contributed by atoms with Crippen LogP contribution in [0.3, 0.4) is 0 Å². The number of nitrogens with zero attached hydrogens (tertiary/aromatic N) is 1. The van der Waals surface area contributed by atoms with Crippen LogP contribution in [0.5, 0.6) is 0 Å². The quantitative estimate of drug-likeness (QED) is 0.547. The highest BCUT2D eigenvalue weighted by Crippen LogP contribution is 2.32. The van der Waals surface area contributed by atoms with Crippen molar-refractivity contribution in [3.05, 3.63) is 0 Å². The lowest BCUT2D eigenvalue weighted by Gasteiger charge is -2.45. The fourth-order valence-electron chi connectivity index (χ4n) is 2.99. The summed E-state index contributed by atoms with van der Waals surface area (Å²) in [7, 11) is 0. The molecule has 3 saturated heterocycles. The number of fused-ring (bicyclic) bond motifs is 1. The van der Waals surface area contributed by atoms with E-state index in [9.17, 15) is 14.7 Å². The topological polar surface area (TPSA) is 78.9 Å². The molecule has 1 spiro atoms. The highest BCUT2D eigenvalue weighted by Gasteiger charge is 2.54. The Labute approximate surface area is 98.9 Å². The molecule has 0 unspecified atom stereocenters. The smallest absolute Gasteiger partial charge is 0.249 e. The molecule has 3 rings (SSSR count). The first kappa shape index (κ1) is 11.0. The maximum absolute atomic E-state index is 12.4. The Kier molecular flexibility index (Phi) is 2.38. The molecule has 6 heteroatoms. The van der Waals surface area contributed by atoms with Crippen LogP contribution in [-0.4, -0.2) is 59.3 Å². The number of aliphatic hydroxyl groups is 1. The van der Waals surface area contributed by atoms with Crippen LogP contribution in [0.25, 0.3) is 0 Å². The first-order valence-electron chi connectivity index (χ1n) is 6.01. The van der Waals surface area contributed by atoms with E-state index < -0.39 is 17.7 Å². The zero-order valence-corrected chi connectivity index (χ0v) is 9.52. The van der Waals surface area contributed by atoms with Crippen molar-refractivity contribution in [2.45, 2.75) is 36.9 Å². The van der Waals surface area contributed by atoms with Gasteiger partial charge in [-0.15, -0.1) is 0 Å². The summed E-state index contributed by atoms with van der Waals surface area (Å²) >= 11 is 0. The van der Waals surface area contributed by atoms with E-state index >= 15 is 0 Å². The molecule has 94 valence electrons. The Morgan fingerprint density at radius 3 is 2.76 bits per heavy atom. The minimum Gasteiger partial charge on any atom is -0.391 e. The predicted octanol–water partition coefficient (Wildman–Crippen LogP) is -1.37. The number of ether oxygens (including phenoxy) is 1. The summed E-state index contributed by atoms with van der Waals surface area (Å²) < 4.78 is 5.24. The summed E-state index contributed by atoms with van der Waals surface area (Å²) in [6, 6.07) is -0.481. The average Bonchev–Trinajstić information content (AvgIpc) is 2.70. The van der Waals surface area contributed by atoms with E-state index in [4.69, 9.17) is 4.74 Å². The number of hydrogen-bond donors (Lipinski definition) is 2. The Bertz CT molecular complexity index is 364. The number of rotatable bonds is 0. The minimum atomic E-state index is -0.782. The number of carbonyl (C=O) groups is 2. The standard InChI is InChI=1S/C11H16N2O4/c14-7-5-8-9(15)12-11(1-3-17-4-2-11)10(16)13(8)6-7/h7-8,14H,1-6H2,(H,12,15)/t7-,8+/m1/s1. The van der Waals surface area contributed by atoms with E-state index in [1.165, 1.54) is 4.90 Å². The van der Waals surface area contributed by atoms with Crippen molar-refractivity contribution < 1.29 is 19.4 Å². The van der Waals surface area contributed by atoms with Crippen molar-refractivity contribution in [2.75, 3.05) is 19.8 Å². The van der Waals surface area contributed by atoms with E-state index in [-0.39, 0.29) is 18.4 Å². The molecular weight excluding hydrogens is 224 g/mol.